The summed E-state index contributed by atoms with van der Waals surface area (Å²) in [4.78, 5) is 11.3. The molecule has 0 aliphatic heterocycles. The summed E-state index contributed by atoms with van der Waals surface area (Å²) in [7, 11) is 1.11. The number of benzene rings is 1. The van der Waals surface area contributed by atoms with Gasteiger partial charge < -0.3 is 4.74 Å². The number of halogens is 3. The van der Waals surface area contributed by atoms with Crippen molar-refractivity contribution in [3.8, 4) is 6.07 Å². The van der Waals surface area contributed by atoms with Crippen molar-refractivity contribution < 1.29 is 18.3 Å². The van der Waals surface area contributed by atoms with Crippen molar-refractivity contribution in [3.63, 3.8) is 0 Å². The SMILES string of the molecule is COC(=O)c1ccc(CCl)c(C(F)F)c1C#N. The van der Waals surface area contributed by atoms with Gasteiger partial charge in [-0.3, -0.25) is 0 Å². The lowest BCUT2D eigenvalue weighted by atomic mass is 9.97. The molecule has 0 atom stereocenters. The molecule has 0 amide bonds. The summed E-state index contributed by atoms with van der Waals surface area (Å²) in [6, 6.07) is 4.15. The Balaban J connectivity index is 3.53. The third-order valence-electron chi connectivity index (χ3n) is 2.22. The minimum absolute atomic E-state index is 0.130. The van der Waals surface area contributed by atoms with Crippen LogP contribution in [-0.4, -0.2) is 13.1 Å². The molecule has 1 aromatic carbocycles. The van der Waals surface area contributed by atoms with Crippen molar-refractivity contribution in [1.29, 1.82) is 5.26 Å². The van der Waals surface area contributed by atoms with Gasteiger partial charge in [-0.15, -0.1) is 11.6 Å². The highest BCUT2D eigenvalue weighted by Gasteiger charge is 2.23. The third-order valence-corrected chi connectivity index (χ3v) is 2.50. The number of rotatable bonds is 3. The van der Waals surface area contributed by atoms with Gasteiger partial charge in [0.2, 0.25) is 0 Å². The van der Waals surface area contributed by atoms with Gasteiger partial charge in [-0.25, -0.2) is 13.6 Å². The van der Waals surface area contributed by atoms with E-state index < -0.39 is 18.0 Å². The maximum atomic E-state index is 12.8. The molecule has 0 heterocycles. The van der Waals surface area contributed by atoms with Gasteiger partial charge in [-0.1, -0.05) is 6.07 Å². The van der Waals surface area contributed by atoms with E-state index >= 15 is 0 Å². The van der Waals surface area contributed by atoms with Gasteiger partial charge in [0.25, 0.3) is 6.43 Å². The molecule has 3 nitrogen and oxygen atoms in total. The Hall–Kier alpha value is -1.67. The van der Waals surface area contributed by atoms with Gasteiger partial charge in [0.1, 0.15) is 6.07 Å². The smallest absolute Gasteiger partial charge is 0.339 e. The number of alkyl halides is 3. The highest BCUT2D eigenvalue weighted by atomic mass is 35.5. The van der Waals surface area contributed by atoms with Crippen molar-refractivity contribution >= 4 is 17.6 Å². The number of carbonyl (C=O) groups is 1. The molecule has 0 fully saturated rings. The van der Waals surface area contributed by atoms with E-state index in [1.807, 2.05) is 0 Å². The molecule has 1 aromatic rings. The van der Waals surface area contributed by atoms with E-state index in [4.69, 9.17) is 16.9 Å². The predicted octanol–water partition coefficient (Wildman–Crippen LogP) is 3.02. The van der Waals surface area contributed by atoms with E-state index in [-0.39, 0.29) is 22.6 Å². The molecule has 0 aliphatic rings. The number of hydrogen-bond acceptors (Lipinski definition) is 3. The van der Waals surface area contributed by atoms with Crippen molar-refractivity contribution in [3.05, 3.63) is 34.4 Å². The third kappa shape index (κ3) is 2.53. The van der Waals surface area contributed by atoms with E-state index in [0.29, 0.717) is 0 Å². The van der Waals surface area contributed by atoms with Crippen molar-refractivity contribution in [2.75, 3.05) is 7.11 Å². The van der Waals surface area contributed by atoms with E-state index in [0.717, 1.165) is 7.11 Å². The number of nitriles is 1. The molecule has 0 aromatic heterocycles. The number of carbonyl (C=O) groups excluding carboxylic acids is 1. The second kappa shape index (κ2) is 5.60. The van der Waals surface area contributed by atoms with E-state index in [1.165, 1.54) is 12.1 Å². The fourth-order valence-corrected chi connectivity index (χ4v) is 1.66. The molecule has 0 saturated heterocycles. The molecule has 17 heavy (non-hydrogen) atoms. The predicted molar refractivity (Wildman–Crippen MR) is 57.0 cm³/mol. The van der Waals surface area contributed by atoms with Crippen LogP contribution >= 0.6 is 11.6 Å². The minimum Gasteiger partial charge on any atom is -0.465 e. The molecule has 90 valence electrons. The average Bonchev–Trinajstić information content (AvgIpc) is 2.35. The monoisotopic (exact) mass is 259 g/mol. The van der Waals surface area contributed by atoms with Crippen LogP contribution in [0.4, 0.5) is 8.78 Å². The first-order chi connectivity index (χ1) is 8.06. The Kier molecular flexibility index (Phi) is 4.41. The van der Waals surface area contributed by atoms with Gasteiger partial charge in [-0.05, 0) is 11.6 Å². The van der Waals surface area contributed by atoms with Gasteiger partial charge in [0.15, 0.2) is 0 Å². The molecule has 0 radical (unpaired) electrons. The van der Waals surface area contributed by atoms with E-state index in [2.05, 4.69) is 4.74 Å². The molecule has 0 aliphatic carbocycles. The van der Waals surface area contributed by atoms with Gasteiger partial charge in [-0.2, -0.15) is 5.26 Å². The normalized spacial score (nSPS) is 10.1. The molecule has 0 saturated carbocycles. The number of esters is 1. The largest absolute Gasteiger partial charge is 0.465 e. The van der Waals surface area contributed by atoms with Crippen LogP contribution in [-0.2, 0) is 10.6 Å². The van der Waals surface area contributed by atoms with E-state index in [9.17, 15) is 13.6 Å². The lowest BCUT2D eigenvalue weighted by Gasteiger charge is -2.11. The van der Waals surface area contributed by atoms with Crippen LogP contribution in [0, 0.1) is 11.3 Å². The van der Waals surface area contributed by atoms with E-state index in [1.54, 1.807) is 6.07 Å². The van der Waals surface area contributed by atoms with Crippen LogP contribution in [0.1, 0.15) is 33.5 Å². The Morgan fingerprint density at radius 1 is 1.59 bits per heavy atom. The number of nitrogens with zero attached hydrogens (tertiary/aromatic N) is 1. The Morgan fingerprint density at radius 2 is 2.24 bits per heavy atom. The highest BCUT2D eigenvalue weighted by Crippen LogP contribution is 2.30. The Morgan fingerprint density at radius 3 is 2.65 bits per heavy atom. The summed E-state index contributed by atoms with van der Waals surface area (Å²) in [6.45, 7) is 0. The topological polar surface area (TPSA) is 50.1 Å². The molecule has 0 spiro atoms. The number of hydrogen-bond donors (Lipinski definition) is 0. The van der Waals surface area contributed by atoms with Crippen LogP contribution in [0.2, 0.25) is 0 Å². The fraction of sp³-hybridized carbons (Fsp3) is 0.273. The first-order valence-corrected chi connectivity index (χ1v) is 5.08. The number of ether oxygens (including phenoxy) is 1. The van der Waals surface area contributed by atoms with Gasteiger partial charge >= 0.3 is 5.97 Å². The zero-order valence-corrected chi connectivity index (χ0v) is 9.59. The fourth-order valence-electron chi connectivity index (χ4n) is 1.43. The second-order valence-electron chi connectivity index (χ2n) is 3.10. The van der Waals surface area contributed by atoms with Crippen molar-refractivity contribution in [1.82, 2.24) is 0 Å². The molecule has 0 bridgehead atoms. The minimum atomic E-state index is -2.87. The zero-order chi connectivity index (χ0) is 13.0. The molecule has 6 heteroatoms. The van der Waals surface area contributed by atoms with Crippen LogP contribution in [0.5, 0.6) is 0 Å². The summed E-state index contributed by atoms with van der Waals surface area (Å²) >= 11 is 5.51. The van der Waals surface area contributed by atoms with Crippen LogP contribution in [0.25, 0.3) is 0 Å². The molecule has 0 N–H and O–H groups in total. The van der Waals surface area contributed by atoms with Crippen LogP contribution in [0.3, 0.4) is 0 Å². The molecule has 0 unspecified atom stereocenters. The summed E-state index contributed by atoms with van der Waals surface area (Å²) in [5.41, 5.74) is -0.944. The van der Waals surface area contributed by atoms with Gasteiger partial charge in [0, 0.05) is 11.4 Å². The number of methoxy groups -OCH3 is 1. The molecular formula is C11H8ClF2NO2. The summed E-state index contributed by atoms with van der Waals surface area (Å²) in [5, 5.41) is 8.88. The maximum Gasteiger partial charge on any atom is 0.339 e. The standard InChI is InChI=1S/C11H8ClF2NO2/c1-17-11(16)7-3-2-6(4-12)9(10(13)14)8(7)5-15/h2-3,10H,4H2,1H3. The molecule has 1 rings (SSSR count). The highest BCUT2D eigenvalue weighted by molar-refractivity contribution is 6.17. The van der Waals surface area contributed by atoms with Crippen LogP contribution in [0.15, 0.2) is 12.1 Å². The first-order valence-electron chi connectivity index (χ1n) is 4.55. The van der Waals surface area contributed by atoms with Crippen molar-refractivity contribution in [2.24, 2.45) is 0 Å². The summed E-state index contributed by atoms with van der Waals surface area (Å²) in [6.07, 6.45) is -2.87. The van der Waals surface area contributed by atoms with Crippen molar-refractivity contribution in [2.45, 2.75) is 12.3 Å². The van der Waals surface area contributed by atoms with Crippen LogP contribution < -0.4 is 0 Å². The summed E-state index contributed by atoms with van der Waals surface area (Å²) in [5.74, 6) is -0.986. The second-order valence-corrected chi connectivity index (χ2v) is 3.37. The average molecular weight is 260 g/mol. The first kappa shape index (κ1) is 13.4. The molecular weight excluding hydrogens is 252 g/mol. The maximum absolute atomic E-state index is 12.8. The quantitative estimate of drug-likeness (QED) is 0.619. The zero-order valence-electron chi connectivity index (χ0n) is 8.84. The lowest BCUT2D eigenvalue weighted by Crippen LogP contribution is -2.08. The van der Waals surface area contributed by atoms with Gasteiger partial charge in [0.05, 0.1) is 18.2 Å². The Labute approximate surface area is 102 Å². The Bertz CT molecular complexity index is 483. The summed E-state index contributed by atoms with van der Waals surface area (Å²) < 4.78 is 30.1. The lowest BCUT2D eigenvalue weighted by molar-refractivity contribution is 0.0600.